The van der Waals surface area contributed by atoms with E-state index in [1.165, 1.54) is 19.2 Å². The molecule has 0 saturated carbocycles. The average Bonchev–Trinajstić information content (AvgIpc) is 2.57. The number of methoxy groups -OCH3 is 1. The van der Waals surface area contributed by atoms with Gasteiger partial charge in [-0.25, -0.2) is 0 Å². The van der Waals surface area contributed by atoms with Crippen molar-refractivity contribution in [2.24, 2.45) is 0 Å². The number of anilines is 2. The van der Waals surface area contributed by atoms with Crippen LogP contribution in [-0.4, -0.2) is 23.8 Å². The van der Waals surface area contributed by atoms with E-state index >= 15 is 0 Å². The summed E-state index contributed by atoms with van der Waals surface area (Å²) in [6.07, 6.45) is 0. The van der Waals surface area contributed by atoms with E-state index in [9.17, 15) is 19.7 Å². The Bertz CT molecular complexity index is 848. The number of aryl methyl sites for hydroxylation is 2. The Morgan fingerprint density at radius 3 is 2.24 bits per heavy atom. The van der Waals surface area contributed by atoms with E-state index in [0.717, 1.165) is 17.2 Å². The molecule has 0 aliphatic rings. The zero-order valence-electron chi connectivity index (χ0n) is 14.0. The van der Waals surface area contributed by atoms with Gasteiger partial charge in [0, 0.05) is 17.8 Å². The summed E-state index contributed by atoms with van der Waals surface area (Å²) in [6, 6.07) is 9.17. The van der Waals surface area contributed by atoms with Crippen molar-refractivity contribution in [1.29, 1.82) is 0 Å². The third kappa shape index (κ3) is 4.31. The summed E-state index contributed by atoms with van der Waals surface area (Å²) < 4.78 is 5.04. The minimum absolute atomic E-state index is 0.0396. The van der Waals surface area contributed by atoms with Gasteiger partial charge in [-0.05, 0) is 37.1 Å². The zero-order chi connectivity index (χ0) is 18.6. The first-order valence-corrected chi connectivity index (χ1v) is 7.34. The minimum atomic E-state index is -0.959. The maximum absolute atomic E-state index is 12.1. The molecule has 0 unspecified atom stereocenters. The summed E-state index contributed by atoms with van der Waals surface area (Å²) in [5.74, 6) is -1.64. The van der Waals surface area contributed by atoms with Gasteiger partial charge in [-0.1, -0.05) is 12.1 Å². The Balaban J connectivity index is 2.18. The number of carbonyl (C=O) groups is 2. The van der Waals surface area contributed by atoms with Crippen molar-refractivity contribution in [3.05, 3.63) is 57.6 Å². The van der Waals surface area contributed by atoms with Crippen molar-refractivity contribution in [1.82, 2.24) is 0 Å². The predicted octanol–water partition coefficient (Wildman–Crippen LogP) is 2.80. The van der Waals surface area contributed by atoms with Crippen LogP contribution in [0, 0.1) is 24.0 Å². The van der Waals surface area contributed by atoms with Crippen LogP contribution in [0.3, 0.4) is 0 Å². The first-order valence-electron chi connectivity index (χ1n) is 7.34. The van der Waals surface area contributed by atoms with Gasteiger partial charge < -0.3 is 15.4 Å². The second kappa shape index (κ2) is 7.43. The van der Waals surface area contributed by atoms with Crippen LogP contribution in [0.4, 0.5) is 17.1 Å². The zero-order valence-corrected chi connectivity index (χ0v) is 14.0. The number of hydrogen-bond acceptors (Lipinski definition) is 5. The first-order chi connectivity index (χ1) is 11.8. The number of ether oxygens (including phenoxy) is 1. The summed E-state index contributed by atoms with van der Waals surface area (Å²) in [6.45, 7) is 3.67. The van der Waals surface area contributed by atoms with Crippen LogP contribution in [0.25, 0.3) is 0 Å². The molecule has 0 fully saturated rings. The van der Waals surface area contributed by atoms with Gasteiger partial charge >= 0.3 is 11.8 Å². The molecule has 25 heavy (non-hydrogen) atoms. The number of nitrogens with one attached hydrogen (secondary N) is 2. The third-order valence-electron chi connectivity index (χ3n) is 3.49. The maximum atomic E-state index is 12.1. The number of rotatable bonds is 4. The van der Waals surface area contributed by atoms with E-state index in [1.807, 2.05) is 19.1 Å². The lowest BCUT2D eigenvalue weighted by Crippen LogP contribution is -2.29. The maximum Gasteiger partial charge on any atom is 0.314 e. The highest BCUT2D eigenvalue weighted by Gasteiger charge is 2.19. The van der Waals surface area contributed by atoms with Gasteiger partial charge in [-0.3, -0.25) is 19.7 Å². The summed E-state index contributed by atoms with van der Waals surface area (Å²) in [5.41, 5.74) is 2.07. The Morgan fingerprint density at radius 1 is 1.00 bits per heavy atom. The topological polar surface area (TPSA) is 111 Å². The quantitative estimate of drug-likeness (QED) is 0.504. The van der Waals surface area contributed by atoms with Gasteiger partial charge in [0.15, 0.2) is 0 Å². The van der Waals surface area contributed by atoms with E-state index in [2.05, 4.69) is 10.6 Å². The molecule has 8 heteroatoms. The van der Waals surface area contributed by atoms with Crippen LogP contribution in [0.15, 0.2) is 36.4 Å². The van der Waals surface area contributed by atoms with Crippen molar-refractivity contribution < 1.29 is 19.2 Å². The number of non-ortho nitro benzene ring substituents is 1. The van der Waals surface area contributed by atoms with Crippen molar-refractivity contribution in [3.63, 3.8) is 0 Å². The molecule has 2 aromatic carbocycles. The van der Waals surface area contributed by atoms with Crippen LogP contribution in [0.2, 0.25) is 0 Å². The van der Waals surface area contributed by atoms with Gasteiger partial charge in [-0.15, -0.1) is 0 Å². The second-order valence-electron chi connectivity index (χ2n) is 5.37. The van der Waals surface area contributed by atoms with Crippen LogP contribution < -0.4 is 15.4 Å². The molecule has 0 aliphatic carbocycles. The number of nitrogens with zero attached hydrogens (tertiary/aromatic N) is 1. The second-order valence-corrected chi connectivity index (χ2v) is 5.37. The number of nitro groups is 1. The molecule has 0 aromatic heterocycles. The van der Waals surface area contributed by atoms with Crippen LogP contribution in [0.5, 0.6) is 5.75 Å². The fourth-order valence-corrected chi connectivity index (χ4v) is 2.14. The molecule has 2 rings (SSSR count). The summed E-state index contributed by atoms with van der Waals surface area (Å²) in [5, 5.41) is 15.7. The first kappa shape index (κ1) is 17.9. The van der Waals surface area contributed by atoms with Crippen molar-refractivity contribution in [3.8, 4) is 5.75 Å². The molecule has 0 radical (unpaired) electrons. The molecule has 0 spiro atoms. The van der Waals surface area contributed by atoms with Crippen molar-refractivity contribution in [2.75, 3.05) is 17.7 Å². The monoisotopic (exact) mass is 343 g/mol. The molecule has 0 heterocycles. The largest absolute Gasteiger partial charge is 0.495 e. The molecule has 2 aromatic rings. The third-order valence-corrected chi connectivity index (χ3v) is 3.49. The molecule has 2 N–H and O–H groups in total. The molecule has 8 nitrogen and oxygen atoms in total. The Morgan fingerprint density at radius 2 is 1.64 bits per heavy atom. The Kier molecular flexibility index (Phi) is 5.33. The summed E-state index contributed by atoms with van der Waals surface area (Å²) >= 11 is 0. The number of nitro benzene ring substituents is 1. The fraction of sp³-hybridized carbons (Fsp3) is 0.176. The van der Waals surface area contributed by atoms with Crippen LogP contribution >= 0.6 is 0 Å². The van der Waals surface area contributed by atoms with Gasteiger partial charge in [0.1, 0.15) is 5.75 Å². The highest BCUT2D eigenvalue weighted by molar-refractivity contribution is 6.43. The van der Waals surface area contributed by atoms with E-state index in [4.69, 9.17) is 4.74 Å². The summed E-state index contributed by atoms with van der Waals surface area (Å²) in [7, 11) is 1.35. The molecule has 0 atom stereocenters. The molecular formula is C17H17N3O5. The highest BCUT2D eigenvalue weighted by atomic mass is 16.6. The van der Waals surface area contributed by atoms with Gasteiger partial charge in [0.2, 0.25) is 0 Å². The highest BCUT2D eigenvalue weighted by Crippen LogP contribution is 2.28. The predicted molar refractivity (Wildman–Crippen MR) is 92.8 cm³/mol. The minimum Gasteiger partial charge on any atom is -0.495 e. The number of carbonyl (C=O) groups excluding carboxylic acids is 2. The van der Waals surface area contributed by atoms with E-state index in [-0.39, 0.29) is 17.1 Å². The number of hydrogen-bond donors (Lipinski definition) is 2. The number of amides is 2. The van der Waals surface area contributed by atoms with Crippen molar-refractivity contribution in [2.45, 2.75) is 13.8 Å². The van der Waals surface area contributed by atoms with Gasteiger partial charge in [-0.2, -0.15) is 0 Å². The molecule has 0 bridgehead atoms. The Labute approximate surface area is 144 Å². The normalized spacial score (nSPS) is 10.0. The van der Waals surface area contributed by atoms with Gasteiger partial charge in [0.25, 0.3) is 5.69 Å². The van der Waals surface area contributed by atoms with Crippen LogP contribution in [-0.2, 0) is 9.59 Å². The van der Waals surface area contributed by atoms with E-state index in [0.29, 0.717) is 5.69 Å². The SMILES string of the molecule is COc1ccc([N+](=O)[O-])cc1NC(=O)C(=O)Nc1cc(C)ccc1C. The fourth-order valence-electron chi connectivity index (χ4n) is 2.14. The van der Waals surface area contributed by atoms with Crippen molar-refractivity contribution >= 4 is 28.9 Å². The lowest BCUT2D eigenvalue weighted by atomic mass is 10.1. The lowest BCUT2D eigenvalue weighted by molar-refractivity contribution is -0.384. The average molecular weight is 343 g/mol. The molecule has 0 aliphatic heterocycles. The summed E-state index contributed by atoms with van der Waals surface area (Å²) in [4.78, 5) is 34.5. The Hall–Kier alpha value is -3.42. The molecule has 0 saturated heterocycles. The molecule has 130 valence electrons. The lowest BCUT2D eigenvalue weighted by Gasteiger charge is -2.11. The van der Waals surface area contributed by atoms with Crippen LogP contribution in [0.1, 0.15) is 11.1 Å². The number of benzene rings is 2. The molecule has 2 amide bonds. The molecular weight excluding hydrogens is 326 g/mol. The van der Waals surface area contributed by atoms with E-state index < -0.39 is 16.7 Å². The van der Waals surface area contributed by atoms with Gasteiger partial charge in [0.05, 0.1) is 17.7 Å². The van der Waals surface area contributed by atoms with E-state index in [1.54, 1.807) is 13.0 Å². The smallest absolute Gasteiger partial charge is 0.314 e. The standard InChI is InChI=1S/C17H17N3O5/c1-10-4-5-11(2)13(8-10)18-16(21)17(22)19-14-9-12(20(23)24)6-7-15(14)25-3/h4-9H,1-3H3,(H,18,21)(H,19,22).